The van der Waals surface area contributed by atoms with E-state index in [0.717, 1.165) is 66.1 Å². The van der Waals surface area contributed by atoms with Crippen LogP contribution < -0.4 is 9.47 Å². The van der Waals surface area contributed by atoms with Crippen molar-refractivity contribution in [2.45, 2.75) is 27.1 Å². The van der Waals surface area contributed by atoms with Gasteiger partial charge < -0.3 is 9.47 Å². The third-order valence-electron chi connectivity index (χ3n) is 9.91. The average Bonchev–Trinajstić information content (AvgIpc) is 3.22. The molecule has 0 aromatic heterocycles. The zero-order chi connectivity index (χ0) is 37.0. The molecule has 0 aliphatic carbocycles. The maximum atomic E-state index is 12.3. The van der Waals surface area contributed by atoms with Gasteiger partial charge in [-0.25, -0.2) is 0 Å². The Hall–Kier alpha value is -6.78. The molecule has 262 valence electrons. The van der Waals surface area contributed by atoms with Gasteiger partial charge in [-0.05, 0) is 69.8 Å². The normalized spacial score (nSPS) is 11.1. The Morgan fingerprint density at radius 2 is 0.778 bits per heavy atom. The average molecular weight is 703 g/mol. The molecular formula is C50H38O4. The fraction of sp³-hybridized carbons (Fsp3) is 0.0800. The summed E-state index contributed by atoms with van der Waals surface area (Å²) >= 11 is 0. The van der Waals surface area contributed by atoms with Crippen LogP contribution >= 0.6 is 0 Å². The molecule has 8 aromatic carbocycles. The quantitative estimate of drug-likeness (QED) is 0.126. The van der Waals surface area contributed by atoms with Gasteiger partial charge in [-0.3, -0.25) is 9.59 Å². The lowest BCUT2D eigenvalue weighted by molar-refractivity contribution is 0.100. The summed E-state index contributed by atoms with van der Waals surface area (Å²) in [5.41, 5.74) is 8.89. The molecule has 8 aromatic rings. The van der Waals surface area contributed by atoms with E-state index >= 15 is 0 Å². The van der Waals surface area contributed by atoms with Crippen molar-refractivity contribution in [2.24, 2.45) is 0 Å². The Balaban J connectivity index is 1.47. The molecule has 0 saturated heterocycles. The molecule has 0 aliphatic heterocycles. The van der Waals surface area contributed by atoms with Crippen molar-refractivity contribution in [1.29, 1.82) is 0 Å². The molecule has 4 heteroatoms. The van der Waals surface area contributed by atoms with Crippen LogP contribution in [0.25, 0.3) is 54.9 Å². The predicted molar refractivity (Wildman–Crippen MR) is 219 cm³/mol. The summed E-state index contributed by atoms with van der Waals surface area (Å²) in [4.78, 5) is 24.6. The Labute approximate surface area is 315 Å². The number of hydrogen-bond donors (Lipinski definition) is 0. The molecule has 8 rings (SSSR count). The van der Waals surface area contributed by atoms with E-state index in [0.29, 0.717) is 35.8 Å². The molecule has 54 heavy (non-hydrogen) atoms. The van der Waals surface area contributed by atoms with Gasteiger partial charge in [-0.2, -0.15) is 0 Å². The minimum atomic E-state index is 0.0149. The molecule has 0 unspecified atom stereocenters. The second kappa shape index (κ2) is 15.1. The minimum absolute atomic E-state index is 0.0149. The van der Waals surface area contributed by atoms with Crippen molar-refractivity contribution in [2.75, 3.05) is 0 Å². The van der Waals surface area contributed by atoms with E-state index in [4.69, 9.17) is 9.47 Å². The van der Waals surface area contributed by atoms with Gasteiger partial charge in [-0.15, -0.1) is 0 Å². The molecule has 0 radical (unpaired) electrons. The number of carbonyl (C=O) groups is 2. The van der Waals surface area contributed by atoms with Crippen LogP contribution in [0.15, 0.2) is 170 Å². The Kier molecular flexibility index (Phi) is 9.57. The van der Waals surface area contributed by atoms with Crippen LogP contribution in [0, 0.1) is 0 Å². The first-order chi connectivity index (χ1) is 26.4. The monoisotopic (exact) mass is 702 g/mol. The largest absolute Gasteiger partial charge is 0.488 e. The van der Waals surface area contributed by atoms with E-state index in [1.165, 1.54) is 0 Å². The summed E-state index contributed by atoms with van der Waals surface area (Å²) in [6, 6.07) is 57.0. The minimum Gasteiger partial charge on any atom is -0.488 e. The van der Waals surface area contributed by atoms with Crippen LogP contribution in [0.5, 0.6) is 11.5 Å². The summed E-state index contributed by atoms with van der Waals surface area (Å²) in [5, 5.41) is 4.12. The van der Waals surface area contributed by atoms with Crippen LogP contribution in [0.2, 0.25) is 0 Å². The number of Topliss-reactive ketones (excluding diaryl/α,β-unsaturated/α-hetero) is 2. The number of fused-ring (bicyclic) bond motifs is 2. The van der Waals surface area contributed by atoms with E-state index in [1.807, 2.05) is 84.9 Å². The zero-order valence-corrected chi connectivity index (χ0v) is 30.2. The Bertz CT molecular complexity index is 2440. The maximum Gasteiger partial charge on any atom is 0.159 e. The highest BCUT2D eigenvalue weighted by Crippen LogP contribution is 2.52. The number of ketones is 2. The van der Waals surface area contributed by atoms with Crippen LogP contribution in [0.1, 0.15) is 45.7 Å². The second-order valence-electron chi connectivity index (χ2n) is 13.5. The molecule has 0 atom stereocenters. The zero-order valence-electron chi connectivity index (χ0n) is 30.2. The van der Waals surface area contributed by atoms with Gasteiger partial charge in [0.25, 0.3) is 0 Å². The highest BCUT2D eigenvalue weighted by atomic mass is 16.5. The predicted octanol–water partition coefficient (Wildman–Crippen LogP) is 12.6. The van der Waals surface area contributed by atoms with Gasteiger partial charge in [0, 0.05) is 33.4 Å². The molecular weight excluding hydrogens is 665 g/mol. The fourth-order valence-corrected chi connectivity index (χ4v) is 7.11. The standard InChI is InChI=1S/C50H38O4/c1-33(51)37-21-25-39(26-22-37)45-29-41-17-9-11-19-43(41)47(49(45)53-31-35-13-5-3-6-14-35)48-44-20-12-10-18-42(44)30-46(40-27-23-38(24-28-40)34(2)52)50(48)54-32-36-15-7-4-8-16-36/h3-30H,31-32H2,1-2H3. The molecule has 0 heterocycles. The lowest BCUT2D eigenvalue weighted by Crippen LogP contribution is -2.04. The van der Waals surface area contributed by atoms with Crippen molar-refractivity contribution in [1.82, 2.24) is 0 Å². The summed E-state index contributed by atoms with van der Waals surface area (Å²) in [7, 11) is 0. The van der Waals surface area contributed by atoms with E-state index < -0.39 is 0 Å². The number of ether oxygens (including phenoxy) is 2. The molecule has 0 aliphatic rings. The molecule has 4 nitrogen and oxygen atoms in total. The summed E-state index contributed by atoms with van der Waals surface area (Å²) in [6.07, 6.45) is 0. The Morgan fingerprint density at radius 3 is 1.15 bits per heavy atom. The number of benzene rings is 8. The van der Waals surface area contributed by atoms with Crippen molar-refractivity contribution >= 4 is 33.1 Å². The molecule has 0 spiro atoms. The van der Waals surface area contributed by atoms with E-state index in [9.17, 15) is 9.59 Å². The number of carbonyl (C=O) groups excluding carboxylic acids is 2. The van der Waals surface area contributed by atoms with Crippen LogP contribution in [0.4, 0.5) is 0 Å². The Morgan fingerprint density at radius 1 is 0.426 bits per heavy atom. The van der Waals surface area contributed by atoms with E-state index in [1.54, 1.807) is 13.8 Å². The fourth-order valence-electron chi connectivity index (χ4n) is 7.11. The highest BCUT2D eigenvalue weighted by Gasteiger charge is 2.26. The van der Waals surface area contributed by atoms with Crippen LogP contribution in [-0.2, 0) is 13.2 Å². The lowest BCUT2D eigenvalue weighted by atomic mass is 9.86. The summed E-state index contributed by atoms with van der Waals surface area (Å²) < 4.78 is 14.1. The first-order valence-electron chi connectivity index (χ1n) is 18.1. The number of rotatable bonds is 11. The second-order valence-corrected chi connectivity index (χ2v) is 13.5. The van der Waals surface area contributed by atoms with Crippen molar-refractivity contribution in [3.05, 3.63) is 192 Å². The van der Waals surface area contributed by atoms with Gasteiger partial charge in [0.05, 0.1) is 0 Å². The third-order valence-corrected chi connectivity index (χ3v) is 9.91. The molecule has 0 saturated carbocycles. The molecule has 0 bridgehead atoms. The summed E-state index contributed by atoms with van der Waals surface area (Å²) in [5.74, 6) is 1.46. The molecule has 0 N–H and O–H groups in total. The van der Waals surface area contributed by atoms with Gasteiger partial charge in [0.1, 0.15) is 24.7 Å². The van der Waals surface area contributed by atoms with Crippen LogP contribution in [0.3, 0.4) is 0 Å². The first-order valence-corrected chi connectivity index (χ1v) is 18.1. The van der Waals surface area contributed by atoms with Gasteiger partial charge in [0.15, 0.2) is 11.6 Å². The van der Waals surface area contributed by atoms with Crippen molar-refractivity contribution < 1.29 is 19.1 Å². The SMILES string of the molecule is CC(=O)c1ccc(-c2cc3ccccc3c(-c3c(OCc4ccccc4)c(-c4ccc(C(C)=O)cc4)cc4ccccc34)c2OCc2ccccc2)cc1. The van der Waals surface area contributed by atoms with Gasteiger partial charge in [-0.1, -0.05) is 158 Å². The highest BCUT2D eigenvalue weighted by molar-refractivity contribution is 6.14. The summed E-state index contributed by atoms with van der Waals surface area (Å²) in [6.45, 7) is 3.85. The number of hydrogen-bond acceptors (Lipinski definition) is 4. The molecule has 0 fully saturated rings. The van der Waals surface area contributed by atoms with Gasteiger partial charge in [0.2, 0.25) is 0 Å². The van der Waals surface area contributed by atoms with Crippen molar-refractivity contribution in [3.8, 4) is 44.9 Å². The third kappa shape index (κ3) is 6.90. The molecule has 0 amide bonds. The van der Waals surface area contributed by atoms with Gasteiger partial charge >= 0.3 is 0 Å². The van der Waals surface area contributed by atoms with Crippen molar-refractivity contribution in [3.63, 3.8) is 0 Å². The van der Waals surface area contributed by atoms with E-state index in [2.05, 4.69) is 84.9 Å². The smallest absolute Gasteiger partial charge is 0.159 e. The lowest BCUT2D eigenvalue weighted by Gasteiger charge is -2.24. The van der Waals surface area contributed by atoms with E-state index in [-0.39, 0.29) is 11.6 Å². The first kappa shape index (κ1) is 34.3. The van der Waals surface area contributed by atoms with Crippen LogP contribution in [-0.4, -0.2) is 11.6 Å². The maximum absolute atomic E-state index is 12.3. The topological polar surface area (TPSA) is 52.6 Å².